The molecule has 2 aromatic heterocycles. The maximum atomic E-state index is 12.8. The van der Waals surface area contributed by atoms with Crippen LogP contribution in [-0.4, -0.2) is 76.4 Å². The second-order valence-corrected chi connectivity index (χ2v) is 10.7. The molecule has 4 aromatic rings. The molecule has 0 spiro atoms. The highest BCUT2D eigenvalue weighted by Crippen LogP contribution is 2.39. The zero-order valence-electron chi connectivity index (χ0n) is 23.7. The molecule has 0 saturated heterocycles. The van der Waals surface area contributed by atoms with Crippen LogP contribution >= 0.6 is 0 Å². The maximum Gasteiger partial charge on any atom is 0.327 e. The summed E-state index contributed by atoms with van der Waals surface area (Å²) in [7, 11) is 0.659. The Morgan fingerprint density at radius 3 is 2.64 bits per heavy atom. The molecule has 5 rings (SSSR count). The minimum absolute atomic E-state index is 0.0295. The van der Waals surface area contributed by atoms with Gasteiger partial charge in [-0.3, -0.25) is 15.0 Å². The number of rotatable bonds is 9. The van der Waals surface area contributed by atoms with E-state index in [4.69, 9.17) is 20.6 Å². The molecule has 6 N–H and O–H groups in total. The third-order valence-corrected chi connectivity index (χ3v) is 6.93. The number of nitrogens with zero attached hydrogens (tertiary/aromatic N) is 4. The Bertz CT molecular complexity index is 1920. The molecule has 15 nitrogen and oxygen atoms in total. The molecule has 226 valence electrons. The monoisotopic (exact) mass is 617 g/mol. The van der Waals surface area contributed by atoms with Crippen molar-refractivity contribution in [3.8, 4) is 34.8 Å². The van der Waals surface area contributed by atoms with Crippen LogP contribution < -0.4 is 25.8 Å². The van der Waals surface area contributed by atoms with Gasteiger partial charge >= 0.3 is 6.01 Å². The van der Waals surface area contributed by atoms with Gasteiger partial charge in [-0.15, -0.1) is 0 Å². The van der Waals surface area contributed by atoms with E-state index >= 15 is 0 Å². The lowest BCUT2D eigenvalue weighted by atomic mass is 10.1. The number of H-pyrrole nitrogens is 1. The van der Waals surface area contributed by atoms with Crippen molar-refractivity contribution in [3.63, 3.8) is 0 Å². The molecular formula is C28H27N9O6S. The molecule has 0 saturated carbocycles. The summed E-state index contributed by atoms with van der Waals surface area (Å²) in [5.41, 5.74) is 8.03. The summed E-state index contributed by atoms with van der Waals surface area (Å²) in [5.74, 6) is -0.00432. The second kappa shape index (κ2) is 12.2. The summed E-state index contributed by atoms with van der Waals surface area (Å²) in [6, 6.07) is 8.58. The number of carbonyl (C=O) groups excluding carboxylic acids is 2. The van der Waals surface area contributed by atoms with Gasteiger partial charge in [-0.2, -0.15) is 18.4 Å². The summed E-state index contributed by atoms with van der Waals surface area (Å²) in [6.45, 7) is 1.78. The number of imidazole rings is 1. The molecule has 1 aliphatic rings. The van der Waals surface area contributed by atoms with Crippen LogP contribution in [-0.2, 0) is 26.3 Å². The largest absolute Gasteiger partial charge is 0.437 e. The van der Waals surface area contributed by atoms with Crippen molar-refractivity contribution in [2.24, 2.45) is 5.73 Å². The normalized spacial score (nSPS) is 13.6. The van der Waals surface area contributed by atoms with E-state index in [-0.39, 0.29) is 47.3 Å². The smallest absolute Gasteiger partial charge is 0.327 e. The number of anilines is 2. The third kappa shape index (κ3) is 6.65. The first-order valence-corrected chi connectivity index (χ1v) is 14.2. The van der Waals surface area contributed by atoms with E-state index in [0.717, 1.165) is 5.37 Å². The number of benzene rings is 2. The highest BCUT2D eigenvalue weighted by molar-refractivity contribution is 7.71. The minimum Gasteiger partial charge on any atom is -0.437 e. The van der Waals surface area contributed by atoms with E-state index in [0.29, 0.717) is 33.8 Å². The Labute approximate surface area is 252 Å². The van der Waals surface area contributed by atoms with Crippen molar-refractivity contribution in [1.29, 1.82) is 5.41 Å². The Kier molecular flexibility index (Phi) is 8.25. The Morgan fingerprint density at radius 1 is 1.16 bits per heavy atom. The van der Waals surface area contributed by atoms with Crippen molar-refractivity contribution in [2.75, 3.05) is 24.7 Å². The molecule has 0 radical (unpaired) electrons. The van der Waals surface area contributed by atoms with Gasteiger partial charge in [-0.1, -0.05) is 12.1 Å². The predicted molar refractivity (Wildman–Crippen MR) is 162 cm³/mol. The van der Waals surface area contributed by atoms with Crippen LogP contribution in [0.5, 0.6) is 23.4 Å². The van der Waals surface area contributed by atoms with Gasteiger partial charge in [0.05, 0.1) is 11.8 Å². The number of aryl methyl sites for hydroxylation is 1. The summed E-state index contributed by atoms with van der Waals surface area (Å²) in [4.78, 5) is 42.8. The number of carbonyl (C=O) groups is 2. The highest BCUT2D eigenvalue weighted by Gasteiger charge is 2.30. The lowest BCUT2D eigenvalue weighted by Crippen LogP contribution is -2.40. The SMILES string of the molecule is Cc1ccc(C(=N)N)cc1Oc1nc2c(c(Oc3cc(CC(=O)N(C)C)cc(-c4ncc[nH]4)c3)n1)NC(=O)C(C=S(=O)=O)N2. The van der Waals surface area contributed by atoms with E-state index < -0.39 is 22.2 Å². The quantitative estimate of drug-likeness (QED) is 0.104. The molecule has 44 heavy (non-hydrogen) atoms. The van der Waals surface area contributed by atoms with Crippen molar-refractivity contribution in [3.05, 3.63) is 65.5 Å². The summed E-state index contributed by atoms with van der Waals surface area (Å²) >= 11 is 0. The first-order valence-electron chi connectivity index (χ1n) is 13.0. The van der Waals surface area contributed by atoms with Gasteiger partial charge in [0.1, 0.15) is 34.9 Å². The van der Waals surface area contributed by atoms with Crippen LogP contribution in [0.25, 0.3) is 11.4 Å². The molecule has 1 atom stereocenters. The number of aromatic nitrogens is 4. The Morgan fingerprint density at radius 2 is 1.95 bits per heavy atom. The van der Waals surface area contributed by atoms with Crippen LogP contribution in [0.2, 0.25) is 0 Å². The van der Waals surface area contributed by atoms with Crippen molar-refractivity contribution < 1.29 is 27.5 Å². The molecule has 0 aliphatic carbocycles. The fourth-order valence-electron chi connectivity index (χ4n) is 4.18. The van der Waals surface area contributed by atoms with Gasteiger partial charge < -0.3 is 35.7 Å². The number of nitrogen functional groups attached to an aromatic ring is 1. The van der Waals surface area contributed by atoms with E-state index in [1.165, 1.54) is 4.90 Å². The first kappa shape index (κ1) is 29.7. The minimum atomic E-state index is -2.65. The number of nitrogens with one attached hydrogen (secondary N) is 4. The summed E-state index contributed by atoms with van der Waals surface area (Å²) in [5, 5.41) is 13.9. The van der Waals surface area contributed by atoms with E-state index in [2.05, 4.69) is 30.6 Å². The Balaban J connectivity index is 1.60. The van der Waals surface area contributed by atoms with Crippen LogP contribution in [0.1, 0.15) is 16.7 Å². The van der Waals surface area contributed by atoms with Gasteiger partial charge in [-0.05, 0) is 42.3 Å². The molecular weight excluding hydrogens is 590 g/mol. The summed E-state index contributed by atoms with van der Waals surface area (Å²) < 4.78 is 34.8. The lowest BCUT2D eigenvalue weighted by Gasteiger charge is -2.25. The van der Waals surface area contributed by atoms with Gasteiger partial charge in [0.2, 0.25) is 16.2 Å². The second-order valence-electron chi connectivity index (χ2n) is 9.91. The molecule has 0 bridgehead atoms. The lowest BCUT2D eigenvalue weighted by molar-refractivity contribution is -0.128. The number of hydrogen-bond donors (Lipinski definition) is 5. The predicted octanol–water partition coefficient (Wildman–Crippen LogP) is 2.09. The number of amides is 2. The Hall–Kier alpha value is -5.77. The number of ether oxygens (including phenoxy) is 2. The number of amidine groups is 1. The van der Waals surface area contributed by atoms with Crippen LogP contribution in [0, 0.1) is 12.3 Å². The molecule has 16 heteroatoms. The van der Waals surface area contributed by atoms with Crippen LogP contribution in [0.3, 0.4) is 0 Å². The molecule has 2 amide bonds. The fourth-order valence-corrected chi connectivity index (χ4v) is 4.59. The molecule has 2 aromatic carbocycles. The standard InChI is InChI=1S/C28H27N9O6S/c1-14-4-5-16(23(29)30)12-20(14)43-28-35-25-22(34-26(39)19(33-25)13-44(40)41)27(36-28)42-18-9-15(10-21(38)37(2)3)8-17(11-18)24-31-6-7-32-24/h4-9,11-13,19H,10H2,1-3H3,(H3,29,30)(H,31,32)(H,34,39)(H,33,35,36). The number of hydrogen-bond acceptors (Lipinski definition) is 11. The number of likely N-dealkylation sites (N-methyl/N-ethyl adjacent to an activating group) is 1. The van der Waals surface area contributed by atoms with Crippen LogP contribution in [0.15, 0.2) is 48.8 Å². The fraction of sp³-hybridized carbons (Fsp3) is 0.179. The maximum absolute atomic E-state index is 12.8. The van der Waals surface area contributed by atoms with E-state index in [9.17, 15) is 18.0 Å². The number of fused-ring (bicyclic) bond motifs is 1. The van der Waals surface area contributed by atoms with Crippen LogP contribution in [0.4, 0.5) is 11.5 Å². The summed E-state index contributed by atoms with van der Waals surface area (Å²) in [6.07, 6.45) is 3.32. The molecule has 1 unspecified atom stereocenters. The molecule has 3 heterocycles. The van der Waals surface area contributed by atoms with Crippen molar-refractivity contribution in [2.45, 2.75) is 19.4 Å². The van der Waals surface area contributed by atoms with Gasteiger partial charge in [0.15, 0.2) is 5.82 Å². The average Bonchev–Trinajstić information content (AvgIpc) is 3.50. The first-order chi connectivity index (χ1) is 21.0. The molecule has 0 fully saturated rings. The van der Waals surface area contributed by atoms with Gasteiger partial charge in [-0.25, -0.2) is 4.98 Å². The topological polar surface area (TPSA) is 218 Å². The van der Waals surface area contributed by atoms with E-state index in [1.54, 1.807) is 69.8 Å². The van der Waals surface area contributed by atoms with Crippen molar-refractivity contribution in [1.82, 2.24) is 24.8 Å². The van der Waals surface area contributed by atoms with E-state index in [1.807, 2.05) is 0 Å². The third-order valence-electron chi connectivity index (χ3n) is 6.43. The van der Waals surface area contributed by atoms with Crippen molar-refractivity contribution >= 4 is 44.8 Å². The average molecular weight is 618 g/mol. The zero-order valence-corrected chi connectivity index (χ0v) is 24.5. The number of aromatic amines is 1. The number of nitrogens with two attached hydrogens (primary N) is 1. The van der Waals surface area contributed by atoms with Gasteiger partial charge in [0, 0.05) is 37.6 Å². The van der Waals surface area contributed by atoms with Gasteiger partial charge in [0.25, 0.3) is 11.8 Å². The molecule has 1 aliphatic heterocycles. The highest BCUT2D eigenvalue weighted by atomic mass is 32.2. The zero-order chi connectivity index (χ0) is 31.5.